The molecule has 1 fully saturated rings. The molecule has 1 aromatic heterocycles. The number of pyridine rings is 1. The molecule has 1 aromatic rings. The lowest BCUT2D eigenvalue weighted by atomic mass is 10.2. The van der Waals surface area contributed by atoms with Crippen LogP contribution in [0.25, 0.3) is 0 Å². The van der Waals surface area contributed by atoms with Gasteiger partial charge in [0.25, 0.3) is 5.91 Å². The van der Waals surface area contributed by atoms with Gasteiger partial charge in [-0.15, -0.1) is 0 Å². The second-order valence-corrected chi connectivity index (χ2v) is 3.83. The van der Waals surface area contributed by atoms with Gasteiger partial charge >= 0.3 is 0 Å². The quantitative estimate of drug-likeness (QED) is 0.770. The highest BCUT2D eigenvalue weighted by Crippen LogP contribution is 2.06. The fourth-order valence-electron chi connectivity index (χ4n) is 1.74. The number of hydrogen-bond donors (Lipinski definition) is 1. The van der Waals surface area contributed by atoms with E-state index >= 15 is 0 Å². The molecule has 2 rings (SSSR count). The van der Waals surface area contributed by atoms with Crippen LogP contribution in [0, 0.1) is 5.95 Å². The topological polar surface area (TPSA) is 45.2 Å². The standard InChI is InChI=1S/C11H14FN3O/c12-10-6-4-5-9(13-10)11(16)14-15-7-2-1-3-8-15/h4-6H,1-3,7-8H2,(H,14,16). The summed E-state index contributed by atoms with van der Waals surface area (Å²) in [4.78, 5) is 15.2. The zero-order valence-electron chi connectivity index (χ0n) is 8.95. The van der Waals surface area contributed by atoms with Gasteiger partial charge < -0.3 is 0 Å². The molecule has 2 heterocycles. The monoisotopic (exact) mass is 223 g/mol. The van der Waals surface area contributed by atoms with E-state index in [1.54, 1.807) is 0 Å². The number of amides is 1. The maximum absolute atomic E-state index is 12.8. The Morgan fingerprint density at radius 2 is 2.06 bits per heavy atom. The molecule has 1 amide bonds. The van der Waals surface area contributed by atoms with E-state index in [4.69, 9.17) is 0 Å². The molecule has 0 aliphatic carbocycles. The van der Waals surface area contributed by atoms with Gasteiger partial charge in [0.2, 0.25) is 5.95 Å². The first-order chi connectivity index (χ1) is 7.75. The normalized spacial score (nSPS) is 17.1. The van der Waals surface area contributed by atoms with E-state index in [1.807, 2.05) is 5.01 Å². The molecule has 0 aromatic carbocycles. The largest absolute Gasteiger partial charge is 0.284 e. The first-order valence-electron chi connectivity index (χ1n) is 5.44. The Morgan fingerprint density at radius 1 is 1.31 bits per heavy atom. The number of nitrogens with zero attached hydrogens (tertiary/aromatic N) is 2. The number of piperidine rings is 1. The minimum absolute atomic E-state index is 0.116. The molecule has 0 radical (unpaired) electrons. The third-order valence-corrected chi connectivity index (χ3v) is 2.56. The summed E-state index contributed by atoms with van der Waals surface area (Å²) in [7, 11) is 0. The van der Waals surface area contributed by atoms with Crippen LogP contribution in [-0.2, 0) is 0 Å². The predicted octanol–water partition coefficient (Wildman–Crippen LogP) is 1.35. The van der Waals surface area contributed by atoms with Gasteiger partial charge in [-0.25, -0.2) is 9.99 Å². The number of halogens is 1. The van der Waals surface area contributed by atoms with Crippen LogP contribution in [0.2, 0.25) is 0 Å². The fourth-order valence-corrected chi connectivity index (χ4v) is 1.74. The number of nitrogens with one attached hydrogen (secondary N) is 1. The maximum Gasteiger partial charge on any atom is 0.284 e. The molecule has 0 spiro atoms. The van der Waals surface area contributed by atoms with E-state index < -0.39 is 5.95 Å². The van der Waals surface area contributed by atoms with Crippen LogP contribution in [0.5, 0.6) is 0 Å². The molecule has 0 bridgehead atoms. The van der Waals surface area contributed by atoms with Crippen LogP contribution in [0.15, 0.2) is 18.2 Å². The zero-order valence-corrected chi connectivity index (χ0v) is 8.95. The molecule has 5 heteroatoms. The summed E-state index contributed by atoms with van der Waals surface area (Å²) >= 11 is 0. The van der Waals surface area contributed by atoms with Gasteiger partial charge in [-0.1, -0.05) is 12.5 Å². The van der Waals surface area contributed by atoms with E-state index in [1.165, 1.54) is 24.6 Å². The summed E-state index contributed by atoms with van der Waals surface area (Å²) in [5, 5.41) is 1.86. The lowest BCUT2D eigenvalue weighted by molar-refractivity contribution is 0.0743. The van der Waals surface area contributed by atoms with Gasteiger partial charge in [0.15, 0.2) is 0 Å². The first-order valence-corrected chi connectivity index (χ1v) is 5.44. The van der Waals surface area contributed by atoms with Crippen molar-refractivity contribution in [2.45, 2.75) is 19.3 Å². The summed E-state index contributed by atoms with van der Waals surface area (Å²) < 4.78 is 12.8. The molecular weight excluding hydrogens is 209 g/mol. The van der Waals surface area contributed by atoms with Crippen molar-refractivity contribution in [3.05, 3.63) is 29.8 Å². The van der Waals surface area contributed by atoms with Crippen LogP contribution in [0.1, 0.15) is 29.8 Å². The van der Waals surface area contributed by atoms with Gasteiger partial charge in [0, 0.05) is 13.1 Å². The van der Waals surface area contributed by atoms with Crippen molar-refractivity contribution in [3.8, 4) is 0 Å². The Labute approximate surface area is 93.4 Å². The average molecular weight is 223 g/mol. The molecule has 1 saturated heterocycles. The van der Waals surface area contributed by atoms with Crippen molar-refractivity contribution in [1.29, 1.82) is 0 Å². The summed E-state index contributed by atoms with van der Waals surface area (Å²) in [5.41, 5.74) is 2.84. The predicted molar refractivity (Wildman–Crippen MR) is 57.1 cm³/mol. The van der Waals surface area contributed by atoms with Crippen molar-refractivity contribution in [1.82, 2.24) is 15.4 Å². The third kappa shape index (κ3) is 2.76. The Kier molecular flexibility index (Phi) is 3.46. The molecule has 16 heavy (non-hydrogen) atoms. The average Bonchev–Trinajstić information content (AvgIpc) is 2.30. The van der Waals surface area contributed by atoms with Crippen LogP contribution < -0.4 is 5.43 Å². The smallest absolute Gasteiger partial charge is 0.283 e. The number of aromatic nitrogens is 1. The van der Waals surface area contributed by atoms with Crippen LogP contribution in [0.4, 0.5) is 4.39 Å². The van der Waals surface area contributed by atoms with Crippen molar-refractivity contribution in [3.63, 3.8) is 0 Å². The summed E-state index contributed by atoms with van der Waals surface area (Å²) in [6, 6.07) is 4.20. The minimum Gasteiger partial charge on any atom is -0.283 e. The van der Waals surface area contributed by atoms with Gasteiger partial charge in [0.1, 0.15) is 5.69 Å². The first kappa shape index (κ1) is 11.0. The second kappa shape index (κ2) is 5.03. The molecule has 1 N–H and O–H groups in total. The third-order valence-electron chi connectivity index (χ3n) is 2.56. The molecule has 4 nitrogen and oxygen atoms in total. The molecule has 0 unspecified atom stereocenters. The zero-order chi connectivity index (χ0) is 11.4. The lowest BCUT2D eigenvalue weighted by Crippen LogP contribution is -2.45. The molecule has 86 valence electrons. The fraction of sp³-hybridized carbons (Fsp3) is 0.455. The van der Waals surface area contributed by atoms with Crippen LogP contribution in [-0.4, -0.2) is 29.0 Å². The van der Waals surface area contributed by atoms with E-state index in [2.05, 4.69) is 10.4 Å². The van der Waals surface area contributed by atoms with E-state index in [0.717, 1.165) is 25.9 Å². The molecular formula is C11H14FN3O. The van der Waals surface area contributed by atoms with Gasteiger partial charge in [-0.05, 0) is 25.0 Å². The highest BCUT2D eigenvalue weighted by Gasteiger charge is 2.14. The van der Waals surface area contributed by atoms with Gasteiger partial charge in [-0.3, -0.25) is 10.2 Å². The minimum atomic E-state index is -0.633. The molecule has 0 saturated carbocycles. The number of hydrazine groups is 1. The Balaban J connectivity index is 1.97. The molecule has 1 aliphatic heterocycles. The van der Waals surface area contributed by atoms with Gasteiger partial charge in [-0.2, -0.15) is 4.39 Å². The number of rotatable bonds is 2. The highest BCUT2D eigenvalue weighted by atomic mass is 19.1. The maximum atomic E-state index is 12.8. The van der Waals surface area contributed by atoms with Crippen molar-refractivity contribution in [2.24, 2.45) is 0 Å². The number of hydrogen-bond acceptors (Lipinski definition) is 3. The van der Waals surface area contributed by atoms with Crippen molar-refractivity contribution in [2.75, 3.05) is 13.1 Å². The molecule has 1 aliphatic rings. The van der Waals surface area contributed by atoms with Crippen molar-refractivity contribution >= 4 is 5.91 Å². The van der Waals surface area contributed by atoms with Crippen molar-refractivity contribution < 1.29 is 9.18 Å². The number of carbonyl (C=O) groups excluding carboxylic acids is 1. The van der Waals surface area contributed by atoms with E-state index in [9.17, 15) is 9.18 Å². The Morgan fingerprint density at radius 3 is 2.75 bits per heavy atom. The lowest BCUT2D eigenvalue weighted by Gasteiger charge is -2.26. The summed E-state index contributed by atoms with van der Waals surface area (Å²) in [5.74, 6) is -0.979. The second-order valence-electron chi connectivity index (χ2n) is 3.83. The SMILES string of the molecule is O=C(NN1CCCCC1)c1cccc(F)n1. The Hall–Kier alpha value is -1.49. The number of carbonyl (C=O) groups is 1. The van der Waals surface area contributed by atoms with Gasteiger partial charge in [0.05, 0.1) is 0 Å². The van der Waals surface area contributed by atoms with E-state index in [-0.39, 0.29) is 11.6 Å². The van der Waals surface area contributed by atoms with E-state index in [0.29, 0.717) is 0 Å². The molecule has 0 atom stereocenters. The Bertz CT molecular complexity index is 377. The van der Waals surface area contributed by atoms with Crippen LogP contribution >= 0.6 is 0 Å². The highest BCUT2D eigenvalue weighted by molar-refractivity contribution is 5.91. The van der Waals surface area contributed by atoms with Crippen LogP contribution in [0.3, 0.4) is 0 Å². The summed E-state index contributed by atoms with van der Waals surface area (Å²) in [6.45, 7) is 1.70. The summed E-state index contributed by atoms with van der Waals surface area (Å²) in [6.07, 6.45) is 3.36.